The monoisotopic (exact) mass is 1000 g/mol. The predicted octanol–water partition coefficient (Wildman–Crippen LogP) is 23.1. The van der Waals surface area contributed by atoms with Crippen LogP contribution in [-0.4, -0.2) is 16.1 Å². The van der Waals surface area contributed by atoms with Gasteiger partial charge in [-0.2, -0.15) is 0 Å². The summed E-state index contributed by atoms with van der Waals surface area (Å²) in [5.74, 6) is 0. The molecule has 4 heteroatoms. The van der Waals surface area contributed by atoms with Crippen LogP contribution >= 0.6 is 22.7 Å². The molecule has 0 radical (unpaired) electrons. The molecule has 0 saturated heterocycles. The lowest BCUT2D eigenvalue weighted by molar-refractivity contribution is 0.535. The van der Waals surface area contributed by atoms with Gasteiger partial charge in [-0.3, -0.25) is 0 Å². The van der Waals surface area contributed by atoms with Crippen molar-refractivity contribution in [2.45, 2.75) is 323 Å². The minimum atomic E-state index is -1.82. The van der Waals surface area contributed by atoms with Crippen LogP contribution in [0.4, 0.5) is 0 Å². The molecule has 0 spiro atoms. The Morgan fingerprint density at radius 3 is 0.735 bits per heavy atom. The fourth-order valence-electron chi connectivity index (χ4n) is 14.3. The molecular weight excluding hydrogens is 889 g/mol. The third kappa shape index (κ3) is 15.5. The van der Waals surface area contributed by atoms with Crippen molar-refractivity contribution in [1.82, 2.24) is 0 Å². The van der Waals surface area contributed by atoms with E-state index in [4.69, 9.17) is 0 Å². The summed E-state index contributed by atoms with van der Waals surface area (Å²) in [6.45, 7) is 35.5. The highest BCUT2D eigenvalue weighted by atomic mass is 32.1. The topological polar surface area (TPSA) is 0 Å². The molecule has 388 valence electrons. The molecule has 0 atom stereocenters. The van der Waals surface area contributed by atoms with Crippen molar-refractivity contribution in [2.75, 3.05) is 0 Å². The summed E-state index contributed by atoms with van der Waals surface area (Å²) in [7, 11) is -3.65. The van der Waals surface area contributed by atoms with E-state index in [1.807, 2.05) is 0 Å². The summed E-state index contributed by atoms with van der Waals surface area (Å²) in [4.78, 5) is 0. The average Bonchev–Trinajstić information content (AvgIpc) is 3.93. The highest BCUT2D eigenvalue weighted by molar-refractivity contribution is 7.34. The van der Waals surface area contributed by atoms with Gasteiger partial charge < -0.3 is 0 Å². The first-order valence-electron chi connectivity index (χ1n) is 30.2. The van der Waals surface area contributed by atoms with Gasteiger partial charge in [-0.15, -0.1) is 22.7 Å². The van der Waals surface area contributed by atoms with E-state index in [1.165, 1.54) is 193 Å². The molecule has 0 bridgehead atoms. The maximum Gasteiger partial charge on any atom is 0.107 e. The number of rotatable bonds is 38. The van der Waals surface area contributed by atoms with E-state index in [9.17, 15) is 0 Å². The van der Waals surface area contributed by atoms with E-state index in [0.29, 0.717) is 0 Å². The predicted molar refractivity (Wildman–Crippen MR) is 324 cm³/mol. The minimum Gasteiger partial charge on any atom is -0.144 e. The lowest BCUT2D eigenvalue weighted by Crippen LogP contribution is -2.54. The molecule has 2 heterocycles. The molecule has 4 rings (SSSR count). The number of hydrogen-bond donors (Lipinski definition) is 0. The smallest absolute Gasteiger partial charge is 0.107 e. The molecule has 0 saturated carbocycles. The SMILES string of the molecule is CCCCCCCCCCCCCCCCc1cc2c(cc(CCCCCCCCCCCCCCCC)c3cc([Si](C(C)C)(C(C)C)C(C)C)sc32)c2sc([Si](C(C)C)(C(C)C)C(C)C)cc12. The van der Waals surface area contributed by atoms with Crippen molar-refractivity contribution >= 4 is 78.8 Å². The number of thiophene rings is 2. The fraction of sp³-hybridized carbons (Fsp3) is 0.781. The lowest BCUT2D eigenvalue weighted by atomic mass is 9.94. The van der Waals surface area contributed by atoms with Gasteiger partial charge in [0.15, 0.2) is 0 Å². The van der Waals surface area contributed by atoms with Crippen LogP contribution in [0.15, 0.2) is 24.3 Å². The fourth-order valence-corrected chi connectivity index (χ4v) is 34.7. The third-order valence-corrected chi connectivity index (χ3v) is 35.9. The molecule has 0 nitrogen and oxygen atoms in total. The molecule has 0 amide bonds. The van der Waals surface area contributed by atoms with Crippen molar-refractivity contribution in [3.05, 3.63) is 35.4 Å². The normalized spacial score (nSPS) is 13.1. The number of hydrogen-bond acceptors (Lipinski definition) is 2. The van der Waals surface area contributed by atoms with E-state index in [2.05, 4.69) is 144 Å². The van der Waals surface area contributed by atoms with Gasteiger partial charge in [-0.1, -0.05) is 264 Å². The van der Waals surface area contributed by atoms with Crippen molar-refractivity contribution < 1.29 is 0 Å². The van der Waals surface area contributed by atoms with Crippen LogP contribution in [0.2, 0.25) is 33.2 Å². The average molecular weight is 1000 g/mol. The first-order valence-corrected chi connectivity index (χ1v) is 36.3. The summed E-state index contributed by atoms with van der Waals surface area (Å²) >= 11 is 4.53. The van der Waals surface area contributed by atoms with Gasteiger partial charge in [0.05, 0.1) is 0 Å². The third-order valence-electron chi connectivity index (χ3n) is 17.8. The standard InChI is InChI=1S/C64H112S2Si2/c1-15-17-19-21-23-25-27-29-31-33-35-37-39-41-43-55-45-59-60(63-57(55)47-61(65-63)67(49(3)4,50(5)6)51(7)8)46-56(44-42-40-38-36-34-32-30-28-26-24-22-20-18-16-2)58-48-62(66-64(58)59)68(52(9)10,53(11)12)54(13)14/h45-54H,15-44H2,1-14H3. The van der Waals surface area contributed by atoms with Gasteiger partial charge >= 0.3 is 0 Å². The summed E-state index contributed by atoms with van der Waals surface area (Å²) in [6, 6.07) is 11.1. The van der Waals surface area contributed by atoms with Gasteiger partial charge in [0.1, 0.15) is 16.1 Å². The largest absolute Gasteiger partial charge is 0.144 e. The molecule has 2 aromatic heterocycles. The molecule has 0 aliphatic heterocycles. The summed E-state index contributed by atoms with van der Waals surface area (Å²) in [6.07, 6.45) is 42.3. The zero-order chi connectivity index (χ0) is 49.7. The number of benzene rings is 2. The van der Waals surface area contributed by atoms with Gasteiger partial charge in [0.25, 0.3) is 0 Å². The zero-order valence-corrected chi connectivity index (χ0v) is 51.4. The molecule has 4 aromatic rings. The van der Waals surface area contributed by atoms with Gasteiger partial charge in [-0.25, -0.2) is 0 Å². The molecule has 0 aliphatic rings. The van der Waals surface area contributed by atoms with Crippen molar-refractivity contribution in [2.24, 2.45) is 0 Å². The summed E-state index contributed by atoms with van der Waals surface area (Å²) in [5.41, 5.74) is 7.64. The molecule has 0 N–H and O–H groups in total. The Balaban J connectivity index is 1.65. The van der Waals surface area contributed by atoms with Crippen LogP contribution in [0.3, 0.4) is 0 Å². The molecule has 0 fully saturated rings. The van der Waals surface area contributed by atoms with Crippen molar-refractivity contribution in [3.8, 4) is 0 Å². The number of unbranched alkanes of at least 4 members (excludes halogenated alkanes) is 26. The second kappa shape index (κ2) is 30.9. The van der Waals surface area contributed by atoms with Crippen LogP contribution in [0.5, 0.6) is 0 Å². The first-order chi connectivity index (χ1) is 32.7. The van der Waals surface area contributed by atoms with Gasteiger partial charge in [-0.05, 0) is 114 Å². The Morgan fingerprint density at radius 1 is 0.294 bits per heavy atom. The van der Waals surface area contributed by atoms with E-state index >= 15 is 0 Å². The molecular formula is C64H112S2Si2. The Morgan fingerprint density at radius 2 is 0.515 bits per heavy atom. The van der Waals surface area contributed by atoms with Crippen LogP contribution in [0, 0.1) is 0 Å². The van der Waals surface area contributed by atoms with E-state index in [-0.39, 0.29) is 0 Å². The molecule has 2 aromatic carbocycles. The first kappa shape index (κ1) is 59.6. The maximum absolute atomic E-state index is 2.80. The Kier molecular flexibility index (Phi) is 27.1. The second-order valence-electron chi connectivity index (χ2n) is 24.4. The Bertz CT molecular complexity index is 1790. The highest BCUT2D eigenvalue weighted by Gasteiger charge is 2.47. The quantitative estimate of drug-likeness (QED) is 0.0310. The van der Waals surface area contributed by atoms with Crippen molar-refractivity contribution in [3.63, 3.8) is 0 Å². The zero-order valence-electron chi connectivity index (χ0n) is 47.8. The molecule has 0 aliphatic carbocycles. The second-order valence-corrected chi connectivity index (χ2v) is 38.9. The maximum atomic E-state index is 2.80. The van der Waals surface area contributed by atoms with Crippen LogP contribution < -0.4 is 9.00 Å². The Hall–Kier alpha value is -0.946. The van der Waals surface area contributed by atoms with Gasteiger partial charge in [0.2, 0.25) is 0 Å². The van der Waals surface area contributed by atoms with E-state index in [0.717, 1.165) is 33.2 Å². The molecule has 68 heavy (non-hydrogen) atoms. The minimum absolute atomic E-state index is 0.722. The number of fused-ring (bicyclic) bond motifs is 5. The van der Waals surface area contributed by atoms with Gasteiger partial charge in [0, 0.05) is 20.2 Å². The molecule has 0 unspecified atom stereocenters. The van der Waals surface area contributed by atoms with Crippen LogP contribution in [-0.2, 0) is 12.8 Å². The summed E-state index contributed by atoms with van der Waals surface area (Å²) in [5, 5.41) is 6.43. The van der Waals surface area contributed by atoms with Crippen molar-refractivity contribution in [1.29, 1.82) is 0 Å². The highest BCUT2D eigenvalue weighted by Crippen LogP contribution is 2.48. The lowest BCUT2D eigenvalue weighted by Gasteiger charge is -2.42. The Labute approximate surface area is 434 Å². The van der Waals surface area contributed by atoms with E-state index < -0.39 is 16.1 Å². The van der Waals surface area contributed by atoms with Crippen LogP contribution in [0.25, 0.3) is 30.9 Å². The van der Waals surface area contributed by atoms with E-state index in [1.54, 1.807) is 51.1 Å². The number of aryl methyl sites for hydroxylation is 2. The van der Waals surface area contributed by atoms with Crippen LogP contribution in [0.1, 0.15) is 288 Å². The summed E-state index contributed by atoms with van der Waals surface area (Å²) < 4.78 is 6.84.